The fraction of sp³-hybridized carbons (Fsp3) is 0.538. The maximum atomic E-state index is 12.6. The van der Waals surface area contributed by atoms with E-state index in [9.17, 15) is 18.0 Å². The van der Waals surface area contributed by atoms with Crippen molar-refractivity contribution in [2.75, 3.05) is 18.5 Å². The lowest BCUT2D eigenvalue weighted by Crippen LogP contribution is -2.23. The van der Waals surface area contributed by atoms with Gasteiger partial charge < -0.3 is 15.2 Å². The highest BCUT2D eigenvalue weighted by Crippen LogP contribution is 2.30. The molecule has 0 spiro atoms. The number of nitrogens with zero attached hydrogens (tertiary/aromatic N) is 1. The molecular formula is C13H15F3N2O3. The summed E-state index contributed by atoms with van der Waals surface area (Å²) < 4.78 is 43.3. The smallest absolute Gasteiger partial charge is 0.433 e. The van der Waals surface area contributed by atoms with Crippen molar-refractivity contribution in [3.8, 4) is 0 Å². The van der Waals surface area contributed by atoms with Crippen LogP contribution in [0, 0.1) is 5.92 Å². The lowest BCUT2D eigenvalue weighted by Gasteiger charge is -2.17. The van der Waals surface area contributed by atoms with E-state index in [0.717, 1.165) is 12.5 Å². The molecule has 1 aromatic heterocycles. The van der Waals surface area contributed by atoms with E-state index in [2.05, 4.69) is 10.3 Å². The van der Waals surface area contributed by atoms with Gasteiger partial charge in [-0.05, 0) is 25.5 Å². The molecule has 2 unspecified atom stereocenters. The number of aromatic carboxylic acids is 1. The van der Waals surface area contributed by atoms with Gasteiger partial charge in [-0.2, -0.15) is 13.2 Å². The number of carboxylic acid groups (broad SMARTS) is 1. The van der Waals surface area contributed by atoms with Crippen molar-refractivity contribution < 1.29 is 27.8 Å². The molecule has 1 aliphatic rings. The van der Waals surface area contributed by atoms with Crippen LogP contribution >= 0.6 is 0 Å². The fourth-order valence-electron chi connectivity index (χ4n) is 2.20. The van der Waals surface area contributed by atoms with Gasteiger partial charge in [0.2, 0.25) is 0 Å². The van der Waals surface area contributed by atoms with Gasteiger partial charge in [0.15, 0.2) is 0 Å². The van der Waals surface area contributed by atoms with Crippen LogP contribution in [0.4, 0.5) is 19.0 Å². The largest absolute Gasteiger partial charge is 0.478 e. The maximum Gasteiger partial charge on any atom is 0.433 e. The summed E-state index contributed by atoms with van der Waals surface area (Å²) in [7, 11) is 0. The van der Waals surface area contributed by atoms with Crippen LogP contribution in [0.15, 0.2) is 12.1 Å². The van der Waals surface area contributed by atoms with Crippen molar-refractivity contribution in [1.29, 1.82) is 0 Å². The predicted octanol–water partition coefficient (Wildman–Crippen LogP) is 2.64. The van der Waals surface area contributed by atoms with E-state index in [1.165, 1.54) is 0 Å². The third-order valence-electron chi connectivity index (χ3n) is 3.48. The average Bonchev–Trinajstić information content (AvgIpc) is 2.80. The zero-order valence-electron chi connectivity index (χ0n) is 11.3. The molecule has 1 aliphatic heterocycles. The van der Waals surface area contributed by atoms with E-state index in [1.807, 2.05) is 6.92 Å². The van der Waals surface area contributed by atoms with E-state index >= 15 is 0 Å². The predicted molar refractivity (Wildman–Crippen MR) is 68.2 cm³/mol. The van der Waals surface area contributed by atoms with Gasteiger partial charge in [0.1, 0.15) is 17.1 Å². The number of rotatable bonds is 4. The molecule has 1 saturated heterocycles. The number of anilines is 1. The molecule has 5 nitrogen and oxygen atoms in total. The van der Waals surface area contributed by atoms with E-state index in [4.69, 9.17) is 9.84 Å². The van der Waals surface area contributed by atoms with Gasteiger partial charge in [-0.25, -0.2) is 9.78 Å². The van der Waals surface area contributed by atoms with Crippen LogP contribution in [0.5, 0.6) is 0 Å². The minimum atomic E-state index is -4.61. The molecule has 0 amide bonds. The Kier molecular flexibility index (Phi) is 4.36. The van der Waals surface area contributed by atoms with Crippen molar-refractivity contribution >= 4 is 11.8 Å². The summed E-state index contributed by atoms with van der Waals surface area (Å²) >= 11 is 0. The van der Waals surface area contributed by atoms with Crippen molar-refractivity contribution in [1.82, 2.24) is 4.98 Å². The first-order chi connectivity index (χ1) is 9.79. The second-order valence-corrected chi connectivity index (χ2v) is 4.90. The first kappa shape index (κ1) is 15.6. The minimum absolute atomic E-state index is 0.0171. The Hall–Kier alpha value is -1.83. The fourth-order valence-corrected chi connectivity index (χ4v) is 2.20. The molecule has 0 aliphatic carbocycles. The standard InChI is InChI=1S/C13H15F3N2O3/c1-7-8(4-5-21-7)6-17-11-9(12(19)20)2-3-10(18-11)13(14,15)16/h2-3,7-8H,4-6H2,1H3,(H,17,18)(H,19,20). The number of pyridine rings is 1. The molecule has 0 saturated carbocycles. The first-order valence-corrected chi connectivity index (χ1v) is 6.46. The lowest BCUT2D eigenvalue weighted by molar-refractivity contribution is -0.141. The summed E-state index contributed by atoms with van der Waals surface area (Å²) in [5.41, 5.74) is -1.40. The van der Waals surface area contributed by atoms with Crippen LogP contribution in [0.25, 0.3) is 0 Å². The summed E-state index contributed by atoms with van der Waals surface area (Å²) in [5.74, 6) is -1.48. The van der Waals surface area contributed by atoms with Crippen molar-refractivity contribution in [2.45, 2.75) is 25.6 Å². The Morgan fingerprint density at radius 2 is 2.24 bits per heavy atom. The van der Waals surface area contributed by atoms with Gasteiger partial charge in [0.25, 0.3) is 0 Å². The Morgan fingerprint density at radius 3 is 2.76 bits per heavy atom. The molecule has 116 valence electrons. The zero-order chi connectivity index (χ0) is 15.6. The molecule has 2 N–H and O–H groups in total. The van der Waals surface area contributed by atoms with Crippen LogP contribution < -0.4 is 5.32 Å². The highest BCUT2D eigenvalue weighted by molar-refractivity contribution is 5.93. The van der Waals surface area contributed by atoms with Crippen molar-refractivity contribution in [3.05, 3.63) is 23.4 Å². The van der Waals surface area contributed by atoms with Gasteiger partial charge >= 0.3 is 12.1 Å². The van der Waals surface area contributed by atoms with E-state index in [-0.39, 0.29) is 23.4 Å². The molecular weight excluding hydrogens is 289 g/mol. The van der Waals surface area contributed by atoms with Crippen LogP contribution in [0.1, 0.15) is 29.4 Å². The van der Waals surface area contributed by atoms with Crippen LogP contribution in [0.3, 0.4) is 0 Å². The number of hydrogen-bond acceptors (Lipinski definition) is 4. The number of carbonyl (C=O) groups is 1. The van der Waals surface area contributed by atoms with Crippen LogP contribution in [-0.4, -0.2) is 35.3 Å². The zero-order valence-corrected chi connectivity index (χ0v) is 11.3. The molecule has 0 aromatic carbocycles. The van der Waals surface area contributed by atoms with Gasteiger partial charge in [-0.3, -0.25) is 0 Å². The van der Waals surface area contributed by atoms with Gasteiger partial charge in [0, 0.05) is 19.1 Å². The topological polar surface area (TPSA) is 71.5 Å². The monoisotopic (exact) mass is 304 g/mol. The van der Waals surface area contributed by atoms with Crippen LogP contribution in [-0.2, 0) is 10.9 Å². The number of ether oxygens (including phenoxy) is 1. The number of carboxylic acids is 1. The normalized spacial score (nSPS) is 22.3. The molecule has 2 rings (SSSR count). The molecule has 0 bridgehead atoms. The van der Waals surface area contributed by atoms with Gasteiger partial charge in [0.05, 0.1) is 6.10 Å². The summed E-state index contributed by atoms with van der Waals surface area (Å²) in [6, 6.07) is 1.57. The van der Waals surface area contributed by atoms with E-state index in [0.29, 0.717) is 19.2 Å². The number of alkyl halides is 3. The van der Waals surface area contributed by atoms with Crippen molar-refractivity contribution in [3.63, 3.8) is 0 Å². The second-order valence-electron chi connectivity index (χ2n) is 4.90. The number of nitrogens with one attached hydrogen (secondary N) is 1. The summed E-state index contributed by atoms with van der Waals surface area (Å²) in [5, 5.41) is 11.7. The van der Waals surface area contributed by atoms with E-state index in [1.54, 1.807) is 0 Å². The maximum absolute atomic E-state index is 12.6. The highest BCUT2D eigenvalue weighted by atomic mass is 19.4. The highest BCUT2D eigenvalue weighted by Gasteiger charge is 2.34. The number of hydrogen-bond donors (Lipinski definition) is 2. The molecule has 21 heavy (non-hydrogen) atoms. The summed E-state index contributed by atoms with van der Waals surface area (Å²) in [4.78, 5) is 14.5. The molecule has 2 atom stereocenters. The molecule has 1 aromatic rings. The second kappa shape index (κ2) is 5.88. The summed E-state index contributed by atoms with van der Waals surface area (Å²) in [6.07, 6.45) is -3.86. The van der Waals surface area contributed by atoms with E-state index < -0.39 is 17.8 Å². The third-order valence-corrected chi connectivity index (χ3v) is 3.48. The molecule has 0 radical (unpaired) electrons. The SMILES string of the molecule is CC1OCCC1CNc1nc(C(F)(F)F)ccc1C(=O)O. The lowest BCUT2D eigenvalue weighted by atomic mass is 10.0. The molecule has 1 fully saturated rings. The van der Waals surface area contributed by atoms with Crippen molar-refractivity contribution in [2.24, 2.45) is 5.92 Å². The third kappa shape index (κ3) is 3.63. The Balaban J connectivity index is 2.20. The first-order valence-electron chi connectivity index (χ1n) is 6.46. The molecule has 8 heteroatoms. The summed E-state index contributed by atoms with van der Waals surface area (Å²) in [6.45, 7) is 2.78. The minimum Gasteiger partial charge on any atom is -0.478 e. The Labute approximate surface area is 119 Å². The van der Waals surface area contributed by atoms with Gasteiger partial charge in [-0.1, -0.05) is 0 Å². The van der Waals surface area contributed by atoms with Gasteiger partial charge in [-0.15, -0.1) is 0 Å². The quantitative estimate of drug-likeness (QED) is 0.894. The molecule has 2 heterocycles. The number of aromatic nitrogens is 1. The Morgan fingerprint density at radius 1 is 1.52 bits per heavy atom. The average molecular weight is 304 g/mol. The number of halogens is 3. The Bertz CT molecular complexity index is 534. The van der Waals surface area contributed by atoms with Crippen LogP contribution in [0.2, 0.25) is 0 Å².